The predicted octanol–water partition coefficient (Wildman–Crippen LogP) is 2.88. The minimum atomic E-state index is -0.525. The highest BCUT2D eigenvalue weighted by Gasteiger charge is 2.15. The molecule has 23 heavy (non-hydrogen) atoms. The van der Waals surface area contributed by atoms with E-state index in [1.807, 2.05) is 27.7 Å². The van der Waals surface area contributed by atoms with E-state index in [2.05, 4.69) is 22.0 Å². The van der Waals surface area contributed by atoms with E-state index in [9.17, 15) is 9.59 Å². The zero-order valence-corrected chi connectivity index (χ0v) is 14.0. The van der Waals surface area contributed by atoms with Crippen molar-refractivity contribution in [2.75, 3.05) is 5.32 Å². The summed E-state index contributed by atoms with van der Waals surface area (Å²) in [7, 11) is 0. The highest BCUT2D eigenvalue weighted by molar-refractivity contribution is 5.97. The van der Waals surface area contributed by atoms with Gasteiger partial charge in [0.1, 0.15) is 6.04 Å². The largest absolute Gasteiger partial charge is 0.336 e. The zero-order valence-electron chi connectivity index (χ0n) is 14.0. The van der Waals surface area contributed by atoms with Crippen LogP contribution in [0.4, 0.5) is 10.5 Å². The molecule has 0 fully saturated rings. The summed E-state index contributed by atoms with van der Waals surface area (Å²) in [6.45, 7) is 7.71. The van der Waals surface area contributed by atoms with Crippen molar-refractivity contribution in [1.82, 2.24) is 10.6 Å². The van der Waals surface area contributed by atoms with Crippen LogP contribution >= 0.6 is 0 Å². The van der Waals surface area contributed by atoms with Crippen molar-refractivity contribution in [3.05, 3.63) is 29.8 Å². The van der Waals surface area contributed by atoms with Crippen LogP contribution in [-0.2, 0) is 0 Å². The number of nitrogens with zero attached hydrogens (tertiary/aromatic N) is 1. The maximum absolute atomic E-state index is 12.2. The van der Waals surface area contributed by atoms with E-state index in [1.165, 1.54) is 0 Å². The monoisotopic (exact) mass is 316 g/mol. The van der Waals surface area contributed by atoms with Gasteiger partial charge < -0.3 is 16.0 Å². The first-order valence-corrected chi connectivity index (χ1v) is 7.70. The Hall–Kier alpha value is -2.55. The lowest BCUT2D eigenvalue weighted by atomic mass is 10.0. The number of benzene rings is 1. The maximum Gasteiger partial charge on any atom is 0.319 e. The van der Waals surface area contributed by atoms with Crippen LogP contribution in [0.15, 0.2) is 24.3 Å². The molecule has 124 valence electrons. The van der Waals surface area contributed by atoms with E-state index in [0.29, 0.717) is 23.6 Å². The molecule has 0 saturated carbocycles. The summed E-state index contributed by atoms with van der Waals surface area (Å²) in [6.07, 6.45) is 0.594. The number of urea groups is 1. The second-order valence-corrected chi connectivity index (χ2v) is 6.12. The molecule has 0 aromatic heterocycles. The van der Waals surface area contributed by atoms with Crippen LogP contribution in [0.25, 0.3) is 0 Å². The first kappa shape index (κ1) is 18.5. The fraction of sp³-hybridized carbons (Fsp3) is 0.471. The molecule has 6 nitrogen and oxygen atoms in total. The Balaban J connectivity index is 2.73. The van der Waals surface area contributed by atoms with E-state index >= 15 is 0 Å². The fourth-order valence-electron chi connectivity index (χ4n) is 2.02. The Labute approximate surface area is 137 Å². The summed E-state index contributed by atoms with van der Waals surface area (Å²) in [5, 5.41) is 17.2. The van der Waals surface area contributed by atoms with Crippen molar-refractivity contribution >= 4 is 17.6 Å². The number of rotatable bonds is 6. The molecule has 0 aliphatic rings. The molecule has 1 aromatic rings. The standard InChI is InChI=1S/C17H24N4O2/c1-11(2)8-15(10-18)20-16(22)13-6-5-7-14(9-13)21-17(23)19-12(3)4/h5-7,9,11-12,15H,8H2,1-4H3,(H,20,22)(H2,19,21,23)/t15-/m0/s1. The van der Waals surface area contributed by atoms with E-state index in [-0.39, 0.29) is 18.0 Å². The van der Waals surface area contributed by atoms with Crippen molar-refractivity contribution in [2.45, 2.75) is 46.2 Å². The van der Waals surface area contributed by atoms with Crippen LogP contribution in [0.5, 0.6) is 0 Å². The van der Waals surface area contributed by atoms with E-state index < -0.39 is 6.04 Å². The molecule has 0 saturated heterocycles. The summed E-state index contributed by atoms with van der Waals surface area (Å²) < 4.78 is 0. The molecule has 0 unspecified atom stereocenters. The highest BCUT2D eigenvalue weighted by Crippen LogP contribution is 2.12. The topological polar surface area (TPSA) is 94.0 Å². The second-order valence-electron chi connectivity index (χ2n) is 6.12. The maximum atomic E-state index is 12.2. The molecule has 3 N–H and O–H groups in total. The molecule has 1 aromatic carbocycles. The van der Waals surface area contributed by atoms with Crippen molar-refractivity contribution in [2.24, 2.45) is 5.92 Å². The van der Waals surface area contributed by atoms with Crippen molar-refractivity contribution < 1.29 is 9.59 Å². The summed E-state index contributed by atoms with van der Waals surface area (Å²) >= 11 is 0. The zero-order chi connectivity index (χ0) is 17.4. The number of nitriles is 1. The summed E-state index contributed by atoms with van der Waals surface area (Å²) in [5.74, 6) is -0.0159. The molecule has 3 amide bonds. The summed E-state index contributed by atoms with van der Waals surface area (Å²) in [5.41, 5.74) is 0.921. The van der Waals surface area contributed by atoms with E-state index in [4.69, 9.17) is 5.26 Å². The van der Waals surface area contributed by atoms with E-state index in [1.54, 1.807) is 24.3 Å². The predicted molar refractivity (Wildman–Crippen MR) is 90.1 cm³/mol. The van der Waals surface area contributed by atoms with Crippen LogP contribution in [0, 0.1) is 17.2 Å². The average Bonchev–Trinajstić information content (AvgIpc) is 2.45. The van der Waals surface area contributed by atoms with Gasteiger partial charge in [-0.05, 0) is 44.4 Å². The summed E-state index contributed by atoms with van der Waals surface area (Å²) in [4.78, 5) is 23.9. The fourth-order valence-corrected chi connectivity index (χ4v) is 2.02. The van der Waals surface area contributed by atoms with Gasteiger partial charge in [0.05, 0.1) is 6.07 Å². The molecule has 0 radical (unpaired) electrons. The molecular formula is C17H24N4O2. The van der Waals surface area contributed by atoms with Gasteiger partial charge in [-0.25, -0.2) is 4.79 Å². The summed E-state index contributed by atoms with van der Waals surface area (Å²) in [6, 6.07) is 7.87. The molecular weight excluding hydrogens is 292 g/mol. The van der Waals surface area contributed by atoms with Crippen LogP contribution in [0.1, 0.15) is 44.5 Å². The van der Waals surface area contributed by atoms with Gasteiger partial charge >= 0.3 is 6.03 Å². The van der Waals surface area contributed by atoms with Crippen LogP contribution in [-0.4, -0.2) is 24.0 Å². The Bertz CT molecular complexity index is 591. The quantitative estimate of drug-likeness (QED) is 0.753. The van der Waals surface area contributed by atoms with Crippen molar-refractivity contribution in [3.63, 3.8) is 0 Å². The van der Waals surface area contributed by atoms with Gasteiger partial charge in [-0.15, -0.1) is 0 Å². The minimum Gasteiger partial charge on any atom is -0.336 e. The molecule has 6 heteroatoms. The lowest BCUT2D eigenvalue weighted by Gasteiger charge is -2.14. The number of carbonyl (C=O) groups is 2. The normalized spacial score (nSPS) is 11.7. The first-order valence-electron chi connectivity index (χ1n) is 7.70. The molecule has 0 aliphatic carbocycles. The smallest absolute Gasteiger partial charge is 0.319 e. The molecule has 0 aliphatic heterocycles. The number of anilines is 1. The van der Waals surface area contributed by atoms with E-state index in [0.717, 1.165) is 0 Å². The lowest BCUT2D eigenvalue weighted by Crippen LogP contribution is -2.35. The number of carbonyl (C=O) groups excluding carboxylic acids is 2. The molecule has 1 rings (SSSR count). The Morgan fingerprint density at radius 3 is 2.43 bits per heavy atom. The minimum absolute atomic E-state index is 0.0221. The highest BCUT2D eigenvalue weighted by atomic mass is 16.2. The van der Waals surface area contributed by atoms with Crippen LogP contribution < -0.4 is 16.0 Å². The third-order valence-electron chi connectivity index (χ3n) is 2.97. The van der Waals surface area contributed by atoms with Gasteiger partial charge in [-0.3, -0.25) is 4.79 Å². The third-order valence-corrected chi connectivity index (χ3v) is 2.97. The van der Waals surface area contributed by atoms with Gasteiger partial charge in [0.15, 0.2) is 0 Å². The van der Waals surface area contributed by atoms with Crippen LogP contribution in [0.3, 0.4) is 0 Å². The number of nitrogens with one attached hydrogen (secondary N) is 3. The Kier molecular flexibility index (Phi) is 7.07. The van der Waals surface area contributed by atoms with Crippen LogP contribution in [0.2, 0.25) is 0 Å². The first-order chi connectivity index (χ1) is 10.8. The number of hydrogen-bond acceptors (Lipinski definition) is 3. The van der Waals surface area contributed by atoms with Gasteiger partial charge in [-0.2, -0.15) is 5.26 Å². The average molecular weight is 316 g/mol. The SMILES string of the molecule is CC(C)C[C@@H](C#N)NC(=O)c1cccc(NC(=O)NC(C)C)c1. The van der Waals surface area contributed by atoms with Crippen molar-refractivity contribution in [1.29, 1.82) is 5.26 Å². The molecule has 0 bridgehead atoms. The Morgan fingerprint density at radius 1 is 1.17 bits per heavy atom. The van der Waals surface area contributed by atoms with Gasteiger partial charge in [-0.1, -0.05) is 19.9 Å². The molecule has 1 atom stereocenters. The second kappa shape index (κ2) is 8.79. The number of amides is 3. The third kappa shape index (κ3) is 6.83. The Morgan fingerprint density at radius 2 is 1.87 bits per heavy atom. The van der Waals surface area contributed by atoms with Gasteiger partial charge in [0.25, 0.3) is 5.91 Å². The van der Waals surface area contributed by atoms with Crippen molar-refractivity contribution in [3.8, 4) is 6.07 Å². The van der Waals surface area contributed by atoms with Gasteiger partial charge in [0.2, 0.25) is 0 Å². The molecule has 0 spiro atoms. The number of hydrogen-bond donors (Lipinski definition) is 3. The van der Waals surface area contributed by atoms with Gasteiger partial charge in [0, 0.05) is 17.3 Å². The lowest BCUT2D eigenvalue weighted by molar-refractivity contribution is 0.0942. The molecule has 0 heterocycles.